The molecule has 2 aromatic rings. The molecule has 0 fully saturated rings. The lowest BCUT2D eigenvalue weighted by Gasteiger charge is -2.10. The van der Waals surface area contributed by atoms with Crippen LogP contribution in [0.25, 0.3) is 0 Å². The smallest absolute Gasteiger partial charge is 0.193 e. The van der Waals surface area contributed by atoms with Crippen molar-refractivity contribution in [2.45, 2.75) is 26.8 Å². The molecule has 3 N–H and O–H groups in total. The van der Waals surface area contributed by atoms with Crippen LogP contribution in [0.1, 0.15) is 19.4 Å². The van der Waals surface area contributed by atoms with Gasteiger partial charge >= 0.3 is 0 Å². The predicted octanol–water partition coefficient (Wildman–Crippen LogP) is 3.13. The third kappa shape index (κ3) is 6.05. The van der Waals surface area contributed by atoms with Gasteiger partial charge in [-0.25, -0.2) is 0 Å². The van der Waals surface area contributed by atoms with Gasteiger partial charge in [0.05, 0.1) is 0 Å². The lowest BCUT2D eigenvalue weighted by molar-refractivity contribution is 0.459. The minimum atomic E-state index is 0. The van der Waals surface area contributed by atoms with Crippen molar-refractivity contribution in [2.24, 2.45) is 16.6 Å². The summed E-state index contributed by atoms with van der Waals surface area (Å²) in [5, 5.41) is 7.30. The molecule has 120 valence electrons. The standard InChI is InChI=1S/C16H23N5.HI/c1-3-14-5-7-15(8-6-14)20-16(17)18-11-13(2)12-21-10-4-9-19-21;/h4-10,13H,3,11-12H2,1-2H3,(H3,17,18,20);1H. The average Bonchev–Trinajstić information content (AvgIpc) is 2.99. The molecule has 2 rings (SSSR count). The molecule has 1 heterocycles. The van der Waals surface area contributed by atoms with Crippen molar-refractivity contribution < 1.29 is 0 Å². The quantitative estimate of drug-likeness (QED) is 0.435. The molecule has 1 aromatic carbocycles. The number of anilines is 1. The highest BCUT2D eigenvalue weighted by Crippen LogP contribution is 2.09. The Morgan fingerprint density at radius 3 is 2.68 bits per heavy atom. The molecule has 0 aliphatic heterocycles. The van der Waals surface area contributed by atoms with E-state index in [0.717, 1.165) is 18.7 Å². The van der Waals surface area contributed by atoms with Crippen LogP contribution < -0.4 is 11.1 Å². The average molecular weight is 413 g/mol. The monoisotopic (exact) mass is 413 g/mol. The van der Waals surface area contributed by atoms with Crippen LogP contribution in [0.15, 0.2) is 47.7 Å². The summed E-state index contributed by atoms with van der Waals surface area (Å²) in [4.78, 5) is 4.38. The van der Waals surface area contributed by atoms with Crippen LogP contribution in [-0.2, 0) is 13.0 Å². The number of guanidine groups is 1. The van der Waals surface area contributed by atoms with Gasteiger partial charge in [0.1, 0.15) is 0 Å². The highest BCUT2D eigenvalue weighted by Gasteiger charge is 2.03. The van der Waals surface area contributed by atoms with Crippen molar-refractivity contribution in [3.63, 3.8) is 0 Å². The summed E-state index contributed by atoms with van der Waals surface area (Å²) in [6, 6.07) is 10.2. The van der Waals surface area contributed by atoms with E-state index in [9.17, 15) is 0 Å². The van der Waals surface area contributed by atoms with Crippen molar-refractivity contribution in [1.82, 2.24) is 9.78 Å². The van der Waals surface area contributed by atoms with E-state index < -0.39 is 0 Å². The fourth-order valence-corrected chi connectivity index (χ4v) is 2.05. The van der Waals surface area contributed by atoms with Gasteiger partial charge in [0.15, 0.2) is 5.96 Å². The van der Waals surface area contributed by atoms with Gasteiger partial charge in [0.2, 0.25) is 0 Å². The molecule has 0 aliphatic rings. The summed E-state index contributed by atoms with van der Waals surface area (Å²) in [6.07, 6.45) is 4.78. The topological polar surface area (TPSA) is 68.2 Å². The van der Waals surface area contributed by atoms with Crippen LogP contribution in [-0.4, -0.2) is 22.3 Å². The maximum absolute atomic E-state index is 5.91. The Morgan fingerprint density at radius 2 is 2.09 bits per heavy atom. The Kier molecular flexibility index (Phi) is 7.94. The van der Waals surface area contributed by atoms with Gasteiger partial charge in [-0.3, -0.25) is 9.67 Å². The SMILES string of the molecule is CCc1ccc(NC(N)=NCC(C)Cn2cccn2)cc1.I. The van der Waals surface area contributed by atoms with E-state index in [-0.39, 0.29) is 24.0 Å². The molecule has 0 amide bonds. The second-order valence-electron chi connectivity index (χ2n) is 5.23. The zero-order valence-electron chi connectivity index (χ0n) is 13.1. The van der Waals surface area contributed by atoms with E-state index in [0.29, 0.717) is 18.4 Å². The van der Waals surface area contributed by atoms with Gasteiger partial charge in [0, 0.05) is 31.2 Å². The Bertz CT molecular complexity index is 563. The summed E-state index contributed by atoms with van der Waals surface area (Å²) in [5.74, 6) is 0.833. The number of aliphatic imine (C=N–C) groups is 1. The zero-order valence-corrected chi connectivity index (χ0v) is 15.4. The fraction of sp³-hybridized carbons (Fsp3) is 0.375. The molecule has 0 bridgehead atoms. The van der Waals surface area contributed by atoms with E-state index in [4.69, 9.17) is 5.73 Å². The minimum absolute atomic E-state index is 0. The Hall–Kier alpha value is -1.57. The predicted molar refractivity (Wildman–Crippen MR) is 103 cm³/mol. The van der Waals surface area contributed by atoms with E-state index >= 15 is 0 Å². The summed E-state index contributed by atoms with van der Waals surface area (Å²) < 4.78 is 1.91. The number of hydrogen-bond donors (Lipinski definition) is 2. The first-order valence-corrected chi connectivity index (χ1v) is 7.30. The molecule has 0 aliphatic carbocycles. The van der Waals surface area contributed by atoms with Crippen LogP contribution in [0.3, 0.4) is 0 Å². The van der Waals surface area contributed by atoms with Crippen molar-refractivity contribution in [3.8, 4) is 0 Å². The molecule has 1 unspecified atom stereocenters. The second kappa shape index (κ2) is 9.45. The van der Waals surface area contributed by atoms with E-state index in [2.05, 4.69) is 41.4 Å². The highest BCUT2D eigenvalue weighted by atomic mass is 127. The van der Waals surface area contributed by atoms with Crippen LogP contribution in [0.2, 0.25) is 0 Å². The number of aryl methyl sites for hydroxylation is 1. The second-order valence-corrected chi connectivity index (χ2v) is 5.23. The van der Waals surface area contributed by atoms with Crippen LogP contribution in [0, 0.1) is 5.92 Å². The number of aromatic nitrogens is 2. The third-order valence-electron chi connectivity index (χ3n) is 3.27. The van der Waals surface area contributed by atoms with Gasteiger partial charge < -0.3 is 11.1 Å². The molecular weight excluding hydrogens is 389 g/mol. The molecule has 1 atom stereocenters. The summed E-state index contributed by atoms with van der Waals surface area (Å²) in [5.41, 5.74) is 8.19. The summed E-state index contributed by atoms with van der Waals surface area (Å²) in [6.45, 7) is 5.79. The molecule has 1 aromatic heterocycles. The van der Waals surface area contributed by atoms with Crippen LogP contribution >= 0.6 is 24.0 Å². The number of rotatable bonds is 6. The number of nitrogens with two attached hydrogens (primary N) is 1. The number of hydrogen-bond acceptors (Lipinski definition) is 2. The molecular formula is C16H24IN5. The number of benzene rings is 1. The maximum atomic E-state index is 5.91. The van der Waals surface area contributed by atoms with Crippen molar-refractivity contribution >= 4 is 35.6 Å². The zero-order chi connectivity index (χ0) is 15.1. The van der Waals surface area contributed by atoms with Gasteiger partial charge in [-0.15, -0.1) is 24.0 Å². The van der Waals surface area contributed by atoms with Gasteiger partial charge in [-0.2, -0.15) is 5.10 Å². The first-order valence-electron chi connectivity index (χ1n) is 7.30. The molecule has 0 radical (unpaired) electrons. The van der Waals surface area contributed by atoms with Crippen molar-refractivity contribution in [3.05, 3.63) is 48.3 Å². The summed E-state index contributed by atoms with van der Waals surface area (Å²) >= 11 is 0. The van der Waals surface area contributed by atoms with E-state index in [1.807, 2.05) is 29.1 Å². The Morgan fingerprint density at radius 1 is 1.36 bits per heavy atom. The lowest BCUT2D eigenvalue weighted by atomic mass is 10.1. The number of nitrogens with one attached hydrogen (secondary N) is 1. The molecule has 0 saturated heterocycles. The molecule has 5 nitrogen and oxygen atoms in total. The highest BCUT2D eigenvalue weighted by molar-refractivity contribution is 14.0. The first kappa shape index (κ1) is 18.5. The number of halogens is 1. The van der Waals surface area contributed by atoms with Crippen molar-refractivity contribution in [2.75, 3.05) is 11.9 Å². The van der Waals surface area contributed by atoms with Crippen LogP contribution in [0.4, 0.5) is 5.69 Å². The van der Waals surface area contributed by atoms with E-state index in [1.54, 1.807) is 6.20 Å². The van der Waals surface area contributed by atoms with Crippen LogP contribution in [0.5, 0.6) is 0 Å². The number of nitrogens with zero attached hydrogens (tertiary/aromatic N) is 3. The Balaban J connectivity index is 0.00000242. The lowest BCUT2D eigenvalue weighted by Crippen LogP contribution is -2.24. The molecule has 6 heteroatoms. The normalized spacial score (nSPS) is 12.5. The van der Waals surface area contributed by atoms with E-state index in [1.165, 1.54) is 5.56 Å². The molecule has 0 spiro atoms. The van der Waals surface area contributed by atoms with Gasteiger partial charge in [-0.05, 0) is 36.1 Å². The molecule has 22 heavy (non-hydrogen) atoms. The Labute approximate surface area is 149 Å². The van der Waals surface area contributed by atoms with Gasteiger partial charge in [0.25, 0.3) is 0 Å². The summed E-state index contributed by atoms with van der Waals surface area (Å²) in [7, 11) is 0. The maximum Gasteiger partial charge on any atom is 0.193 e. The fourth-order valence-electron chi connectivity index (χ4n) is 2.05. The minimum Gasteiger partial charge on any atom is -0.370 e. The van der Waals surface area contributed by atoms with Crippen molar-refractivity contribution in [1.29, 1.82) is 0 Å². The molecule has 0 saturated carbocycles. The largest absolute Gasteiger partial charge is 0.370 e. The first-order chi connectivity index (χ1) is 10.2. The third-order valence-corrected chi connectivity index (χ3v) is 3.27. The van der Waals surface area contributed by atoms with Gasteiger partial charge in [-0.1, -0.05) is 26.0 Å².